The van der Waals surface area contributed by atoms with Gasteiger partial charge in [0.1, 0.15) is 6.17 Å². The predicted molar refractivity (Wildman–Crippen MR) is 136 cm³/mol. The molecule has 2 unspecified atom stereocenters. The summed E-state index contributed by atoms with van der Waals surface area (Å²) >= 11 is 0. The molecule has 0 aromatic carbocycles. The lowest BCUT2D eigenvalue weighted by molar-refractivity contribution is 0.373. The van der Waals surface area contributed by atoms with Gasteiger partial charge in [-0.2, -0.15) is 0 Å². The molecule has 12 heteroatoms. The zero-order valence-electron chi connectivity index (χ0n) is 19.9. The van der Waals surface area contributed by atoms with Gasteiger partial charge in [0, 0.05) is 52.0 Å². The number of hydrogen-bond acceptors (Lipinski definition) is 10. The second kappa shape index (κ2) is 10.8. The first-order valence-corrected chi connectivity index (χ1v) is 11.5. The van der Waals surface area contributed by atoms with Crippen molar-refractivity contribution in [2.75, 3.05) is 33.7 Å². The van der Waals surface area contributed by atoms with Crippen LogP contribution in [0.2, 0.25) is 0 Å². The smallest absolute Gasteiger partial charge is 0.203 e. The lowest BCUT2D eigenvalue weighted by atomic mass is 10.2. The molecule has 0 aliphatic carbocycles. The van der Waals surface area contributed by atoms with E-state index in [0.717, 1.165) is 31.9 Å². The summed E-state index contributed by atoms with van der Waals surface area (Å²) in [6.07, 6.45) is 9.07. The topological polar surface area (TPSA) is 150 Å². The summed E-state index contributed by atoms with van der Waals surface area (Å²) < 4.78 is 0. The van der Waals surface area contributed by atoms with Crippen LogP contribution in [0.3, 0.4) is 0 Å². The van der Waals surface area contributed by atoms with E-state index in [0.29, 0.717) is 24.4 Å². The molecule has 4 rings (SSSR count). The van der Waals surface area contributed by atoms with Crippen molar-refractivity contribution in [1.82, 2.24) is 35.7 Å². The molecule has 7 N–H and O–H groups in total. The standard InChI is InChI=1S/C22H34N12/c1-15-27-20(24-2)32-22(28-15)34(11-7-17-5-9-26-13-17)14-18-29-19(23)31-21(30-18)33(3)10-6-16-4-8-25-12-16/h4-5,8-9,12-13,15,18,25-26H,6-7,10-11,14H2,1-3H3,(H3,23,29,30,31)(H2,24,27,28,32). The Bertz CT molecular complexity index is 1030. The van der Waals surface area contributed by atoms with Crippen molar-refractivity contribution in [2.45, 2.75) is 32.1 Å². The van der Waals surface area contributed by atoms with Crippen LogP contribution in [0.15, 0.2) is 56.9 Å². The Morgan fingerprint density at radius 3 is 2.29 bits per heavy atom. The van der Waals surface area contributed by atoms with Crippen molar-refractivity contribution in [1.29, 1.82) is 0 Å². The van der Waals surface area contributed by atoms with Crippen LogP contribution in [-0.2, 0) is 12.8 Å². The molecule has 0 fully saturated rings. The maximum atomic E-state index is 6.14. The van der Waals surface area contributed by atoms with Crippen LogP contribution in [-0.4, -0.2) is 89.7 Å². The van der Waals surface area contributed by atoms with Gasteiger partial charge in [-0.05, 0) is 43.0 Å². The van der Waals surface area contributed by atoms with Crippen molar-refractivity contribution in [3.05, 3.63) is 48.0 Å². The van der Waals surface area contributed by atoms with E-state index in [1.54, 1.807) is 0 Å². The number of nitrogens with two attached hydrogens (primary N) is 1. The second-order valence-corrected chi connectivity index (χ2v) is 8.32. The Hall–Kier alpha value is -3.96. The molecule has 2 aromatic rings. The molecular formula is C22H34N12. The maximum absolute atomic E-state index is 6.14. The molecule has 34 heavy (non-hydrogen) atoms. The number of nitrogens with zero attached hydrogens (tertiary/aromatic N) is 6. The van der Waals surface area contributed by atoms with Gasteiger partial charge in [-0.3, -0.25) is 10.6 Å². The summed E-state index contributed by atoms with van der Waals surface area (Å²) in [5.74, 6) is 2.50. The molecule has 0 saturated carbocycles. The first-order valence-electron chi connectivity index (χ1n) is 11.5. The molecule has 2 atom stereocenters. The molecule has 12 nitrogen and oxygen atoms in total. The largest absolute Gasteiger partial charge is 0.370 e. The SMILES string of the molecule is CNC1=NC(C)N=C(N(CCc2cc[nH]c2)CC2N=C(N)NC(N(C)CCc3cc[nH]c3)=N2)N1. The fourth-order valence-corrected chi connectivity index (χ4v) is 3.81. The average Bonchev–Trinajstić information content (AvgIpc) is 3.53. The summed E-state index contributed by atoms with van der Waals surface area (Å²) in [5.41, 5.74) is 8.61. The molecule has 0 bridgehead atoms. The summed E-state index contributed by atoms with van der Waals surface area (Å²) in [5, 5.41) is 9.47. The molecule has 0 radical (unpaired) electrons. The molecule has 2 aliphatic heterocycles. The van der Waals surface area contributed by atoms with E-state index in [9.17, 15) is 0 Å². The third kappa shape index (κ3) is 6.09. The van der Waals surface area contributed by atoms with E-state index in [1.165, 1.54) is 11.1 Å². The highest BCUT2D eigenvalue weighted by Gasteiger charge is 2.24. The number of aliphatic imine (C=N–C) groups is 4. The highest BCUT2D eigenvalue weighted by Crippen LogP contribution is 2.10. The van der Waals surface area contributed by atoms with Crippen molar-refractivity contribution >= 4 is 23.8 Å². The van der Waals surface area contributed by atoms with Crippen LogP contribution >= 0.6 is 0 Å². The molecule has 4 heterocycles. The molecule has 2 aromatic heterocycles. The van der Waals surface area contributed by atoms with Crippen molar-refractivity contribution < 1.29 is 0 Å². The van der Waals surface area contributed by atoms with Gasteiger partial charge < -0.3 is 30.8 Å². The number of nitrogens with one attached hydrogen (secondary N) is 5. The van der Waals surface area contributed by atoms with Crippen LogP contribution in [0.25, 0.3) is 0 Å². The summed E-state index contributed by atoms with van der Waals surface area (Å²) in [7, 11) is 3.84. The van der Waals surface area contributed by atoms with Crippen LogP contribution in [0.4, 0.5) is 0 Å². The number of rotatable bonds is 8. The van der Waals surface area contributed by atoms with Crippen molar-refractivity contribution in [3.63, 3.8) is 0 Å². The van der Waals surface area contributed by atoms with Crippen LogP contribution in [0.5, 0.6) is 0 Å². The zero-order valence-corrected chi connectivity index (χ0v) is 19.9. The van der Waals surface area contributed by atoms with E-state index < -0.39 is 0 Å². The zero-order chi connectivity index (χ0) is 23.9. The third-order valence-electron chi connectivity index (χ3n) is 5.67. The van der Waals surface area contributed by atoms with Crippen molar-refractivity contribution in [2.24, 2.45) is 25.7 Å². The Morgan fingerprint density at radius 1 is 0.941 bits per heavy atom. The summed E-state index contributed by atoms with van der Waals surface area (Å²) in [4.78, 5) is 29.0. The quantitative estimate of drug-likeness (QED) is 0.318. The molecule has 0 amide bonds. The van der Waals surface area contributed by atoms with Gasteiger partial charge >= 0.3 is 0 Å². The van der Waals surface area contributed by atoms with Gasteiger partial charge in [0.25, 0.3) is 0 Å². The van der Waals surface area contributed by atoms with E-state index in [4.69, 9.17) is 15.7 Å². The minimum absolute atomic E-state index is 0.186. The van der Waals surface area contributed by atoms with E-state index >= 15 is 0 Å². The van der Waals surface area contributed by atoms with Crippen molar-refractivity contribution in [3.8, 4) is 0 Å². The Labute approximate surface area is 199 Å². The number of likely N-dealkylation sites (N-methyl/N-ethyl adjacent to an activating group) is 1. The molecule has 0 saturated heterocycles. The van der Waals surface area contributed by atoms with Gasteiger partial charge in [-0.1, -0.05) is 0 Å². The number of aromatic nitrogens is 2. The Morgan fingerprint density at radius 2 is 1.65 bits per heavy atom. The molecule has 2 aliphatic rings. The molecule has 182 valence electrons. The van der Waals surface area contributed by atoms with Gasteiger partial charge in [0.05, 0.1) is 6.54 Å². The minimum Gasteiger partial charge on any atom is -0.370 e. The summed E-state index contributed by atoms with van der Waals surface area (Å²) in [6.45, 7) is 4.02. The lowest BCUT2D eigenvalue weighted by Gasteiger charge is -2.32. The molecular weight excluding hydrogens is 432 g/mol. The van der Waals surface area contributed by atoms with E-state index in [2.05, 4.69) is 57.8 Å². The monoisotopic (exact) mass is 466 g/mol. The summed E-state index contributed by atoms with van der Waals surface area (Å²) in [6, 6.07) is 4.15. The Kier molecular flexibility index (Phi) is 7.35. The molecule has 0 spiro atoms. The van der Waals surface area contributed by atoms with Crippen LogP contribution in [0, 0.1) is 0 Å². The number of aromatic amines is 2. The van der Waals surface area contributed by atoms with Gasteiger partial charge in [-0.25, -0.2) is 20.0 Å². The first kappa shape index (κ1) is 23.2. The van der Waals surface area contributed by atoms with Gasteiger partial charge in [0.2, 0.25) is 11.9 Å². The number of H-pyrrole nitrogens is 2. The number of guanidine groups is 4. The van der Waals surface area contributed by atoms with Gasteiger partial charge in [-0.15, -0.1) is 0 Å². The fraction of sp³-hybridized carbons (Fsp3) is 0.455. The van der Waals surface area contributed by atoms with Crippen LogP contribution in [0.1, 0.15) is 18.1 Å². The van der Waals surface area contributed by atoms with Crippen LogP contribution < -0.4 is 21.7 Å². The lowest BCUT2D eigenvalue weighted by Crippen LogP contribution is -2.54. The normalized spacial score (nSPS) is 19.7. The first-order chi connectivity index (χ1) is 16.5. The average molecular weight is 467 g/mol. The number of hydrogen-bond donors (Lipinski definition) is 6. The Balaban J connectivity index is 1.47. The third-order valence-corrected chi connectivity index (χ3v) is 5.67. The fourth-order valence-electron chi connectivity index (χ4n) is 3.81. The van der Waals surface area contributed by atoms with E-state index in [-0.39, 0.29) is 12.3 Å². The highest BCUT2D eigenvalue weighted by atomic mass is 15.4. The highest BCUT2D eigenvalue weighted by molar-refractivity contribution is 6.00. The predicted octanol–water partition coefficient (Wildman–Crippen LogP) is -0.158. The van der Waals surface area contributed by atoms with Gasteiger partial charge in [0.15, 0.2) is 18.1 Å². The maximum Gasteiger partial charge on any atom is 0.203 e. The minimum atomic E-state index is -0.367. The second-order valence-electron chi connectivity index (χ2n) is 8.32. The van der Waals surface area contributed by atoms with E-state index in [1.807, 2.05) is 45.8 Å².